The Hall–Kier alpha value is -4.38. The number of ether oxygens (including phenoxy) is 1. The van der Waals surface area contributed by atoms with Gasteiger partial charge in [0.15, 0.2) is 5.69 Å². The van der Waals surface area contributed by atoms with Crippen LogP contribution in [0.25, 0.3) is 0 Å². The Balaban J connectivity index is 1.35. The van der Waals surface area contributed by atoms with Crippen LogP contribution in [0.4, 0.5) is 23.2 Å². The van der Waals surface area contributed by atoms with E-state index in [0.717, 1.165) is 18.9 Å². The van der Waals surface area contributed by atoms with Gasteiger partial charge in [0.05, 0.1) is 11.7 Å². The first-order valence-corrected chi connectivity index (χ1v) is 17.5. The Morgan fingerprint density at radius 2 is 1.73 bits per heavy atom. The van der Waals surface area contributed by atoms with Crippen LogP contribution in [0.2, 0.25) is 0 Å². The van der Waals surface area contributed by atoms with Crippen LogP contribution in [0.1, 0.15) is 86.0 Å². The smallest absolute Gasteiger partial charge is 0.276 e. The predicted molar refractivity (Wildman–Crippen MR) is 180 cm³/mol. The number of piperazine rings is 1. The van der Waals surface area contributed by atoms with Gasteiger partial charge in [0.2, 0.25) is 17.7 Å². The first-order valence-electron chi connectivity index (χ1n) is 17.5. The fourth-order valence-electron chi connectivity index (χ4n) is 6.70. The third-order valence-electron chi connectivity index (χ3n) is 10.5. The second-order valence-corrected chi connectivity index (χ2v) is 13.9. The molecule has 284 valence electrons. The number of hydrogen-bond acceptors (Lipinski definition) is 9. The molecule has 3 aliphatic rings. The molecule has 0 unspecified atom stereocenters. The molecule has 5 rings (SSSR count). The zero-order valence-electron chi connectivity index (χ0n) is 29.6. The zero-order chi connectivity index (χ0) is 37.7. The van der Waals surface area contributed by atoms with Crippen molar-refractivity contribution in [2.24, 2.45) is 5.92 Å². The Kier molecular flexibility index (Phi) is 12.7. The number of likely N-dealkylation sites (N-methyl/N-ethyl adjacent to an activating group) is 1. The minimum atomic E-state index is -1.76. The summed E-state index contributed by atoms with van der Waals surface area (Å²) in [7, 11) is 3.11. The maximum absolute atomic E-state index is 15.8. The van der Waals surface area contributed by atoms with E-state index in [4.69, 9.17) is 9.37 Å². The normalized spacial score (nSPS) is 21.8. The number of carbonyl (C=O) groups is 4. The summed E-state index contributed by atoms with van der Waals surface area (Å²) >= 11 is 0. The van der Waals surface area contributed by atoms with Crippen molar-refractivity contribution in [2.75, 3.05) is 45.8 Å². The number of carbonyl (C=O) groups excluding carboxylic acids is 4. The first-order chi connectivity index (χ1) is 24.8. The molecule has 2 aliphatic carbocycles. The van der Waals surface area contributed by atoms with Gasteiger partial charge in [-0.05, 0) is 86.8 Å². The van der Waals surface area contributed by atoms with Gasteiger partial charge in [-0.25, -0.2) is 13.4 Å². The van der Waals surface area contributed by atoms with Crippen molar-refractivity contribution in [2.45, 2.75) is 88.4 Å². The quantitative estimate of drug-likeness (QED) is 0.260. The van der Waals surface area contributed by atoms with Gasteiger partial charge in [0.1, 0.15) is 36.4 Å². The maximum atomic E-state index is 15.8. The van der Waals surface area contributed by atoms with Crippen molar-refractivity contribution in [3.05, 3.63) is 52.6 Å². The van der Waals surface area contributed by atoms with Gasteiger partial charge in [-0.2, -0.15) is 8.78 Å². The molecule has 1 saturated heterocycles. The predicted octanol–water partition coefficient (Wildman–Crippen LogP) is 3.90. The molecule has 52 heavy (non-hydrogen) atoms. The van der Waals surface area contributed by atoms with Crippen molar-refractivity contribution in [1.29, 1.82) is 0 Å². The van der Waals surface area contributed by atoms with E-state index < -0.39 is 78.3 Å². The molecule has 0 spiro atoms. The lowest BCUT2D eigenvalue weighted by Gasteiger charge is -2.40. The van der Waals surface area contributed by atoms with Gasteiger partial charge >= 0.3 is 0 Å². The molecule has 3 N–H and O–H groups in total. The summed E-state index contributed by atoms with van der Waals surface area (Å²) in [5.41, 5.74) is 0.405. The number of rotatable bonds is 13. The van der Waals surface area contributed by atoms with Gasteiger partial charge < -0.3 is 25.6 Å². The van der Waals surface area contributed by atoms with Crippen LogP contribution in [0.5, 0.6) is 0 Å². The second-order valence-electron chi connectivity index (χ2n) is 13.9. The van der Waals surface area contributed by atoms with E-state index in [1.165, 1.54) is 31.1 Å². The lowest BCUT2D eigenvalue weighted by atomic mass is 9.81. The highest BCUT2D eigenvalue weighted by atomic mass is 19.3. The zero-order valence-corrected chi connectivity index (χ0v) is 29.6. The van der Waals surface area contributed by atoms with Crippen molar-refractivity contribution in [1.82, 2.24) is 30.7 Å². The molecule has 17 heteroatoms. The molecule has 1 aliphatic heterocycles. The van der Waals surface area contributed by atoms with E-state index in [2.05, 4.69) is 26.3 Å². The molecular weight excluding hydrogens is 690 g/mol. The largest absolute Gasteiger partial charge is 0.372 e. The van der Waals surface area contributed by atoms with Crippen LogP contribution in [0.15, 0.2) is 34.5 Å². The van der Waals surface area contributed by atoms with E-state index in [-0.39, 0.29) is 55.1 Å². The highest BCUT2D eigenvalue weighted by molar-refractivity contribution is 6.01. The molecular formula is C35H45F4N7O6. The third kappa shape index (κ3) is 8.97. The number of nitrogens with one attached hydrogen (secondary N) is 3. The fraction of sp³-hybridized carbons (Fsp3) is 0.600. The highest BCUT2D eigenvalue weighted by Gasteiger charge is 2.39. The molecule has 2 saturated carbocycles. The summed E-state index contributed by atoms with van der Waals surface area (Å²) in [6.45, 7) is 3.33. The van der Waals surface area contributed by atoms with Gasteiger partial charge in [0, 0.05) is 38.6 Å². The van der Waals surface area contributed by atoms with E-state index in [1.54, 1.807) is 14.0 Å². The lowest BCUT2D eigenvalue weighted by Crippen LogP contribution is -2.59. The Labute approximate surface area is 298 Å². The number of anilines is 1. The number of benzene rings is 1. The van der Waals surface area contributed by atoms with Crippen LogP contribution in [0, 0.1) is 11.7 Å². The summed E-state index contributed by atoms with van der Waals surface area (Å²) in [5.74, 6) is -4.66. The van der Waals surface area contributed by atoms with Gasteiger partial charge in [-0.1, -0.05) is 18.1 Å². The van der Waals surface area contributed by atoms with Gasteiger partial charge in [-0.3, -0.25) is 24.1 Å². The molecule has 5 atom stereocenters. The number of halogens is 4. The minimum absolute atomic E-state index is 0.00582. The van der Waals surface area contributed by atoms with Crippen molar-refractivity contribution in [3.8, 4) is 0 Å². The minimum Gasteiger partial charge on any atom is -0.372 e. The third-order valence-corrected chi connectivity index (χ3v) is 10.5. The van der Waals surface area contributed by atoms with Crippen LogP contribution in [-0.4, -0.2) is 108 Å². The topological polar surface area (TPSA) is 159 Å². The molecule has 13 nitrogen and oxygen atoms in total. The number of methoxy groups -OCH3 is 1. The van der Waals surface area contributed by atoms with E-state index in [9.17, 15) is 32.3 Å². The Morgan fingerprint density at radius 1 is 1.02 bits per heavy atom. The molecule has 1 aromatic carbocycles. The number of aromatic nitrogens is 2. The Bertz CT molecular complexity index is 1660. The van der Waals surface area contributed by atoms with Crippen LogP contribution < -0.4 is 16.0 Å². The Morgan fingerprint density at radius 3 is 2.35 bits per heavy atom. The van der Waals surface area contributed by atoms with Crippen molar-refractivity contribution in [3.63, 3.8) is 0 Å². The van der Waals surface area contributed by atoms with Crippen molar-refractivity contribution < 1.29 is 46.1 Å². The number of alkyl halides is 1. The second kappa shape index (κ2) is 17.0. The van der Waals surface area contributed by atoms with Gasteiger partial charge in [0.25, 0.3) is 12.0 Å². The van der Waals surface area contributed by atoms with Gasteiger partial charge in [-0.15, -0.1) is 0 Å². The van der Waals surface area contributed by atoms with E-state index in [0.29, 0.717) is 24.3 Å². The molecule has 0 radical (unpaired) electrons. The average Bonchev–Trinajstić information content (AvgIpc) is 3.87. The fourth-order valence-corrected chi connectivity index (χ4v) is 6.70. The SMILES string of the molecule is CO[C@@H](C)C(=O)N[C@@H](C(=O)N1CCN(C)[C@@H](CF)C1)[C@@H](C)c1ccc(NC(=O)[C@@H](NC(=O)c2nonc2C2CC2)C2CCC(=C(F)F)CC2)c(F)c1. The highest BCUT2D eigenvalue weighted by Crippen LogP contribution is 2.40. The molecule has 2 heterocycles. The monoisotopic (exact) mass is 735 g/mol. The number of allylic oxidation sites excluding steroid dienone is 1. The summed E-state index contributed by atoms with van der Waals surface area (Å²) in [4.78, 5) is 57.1. The molecule has 3 fully saturated rings. The van der Waals surface area contributed by atoms with Crippen LogP contribution >= 0.6 is 0 Å². The number of hydrogen-bond donors (Lipinski definition) is 3. The summed E-state index contributed by atoms with van der Waals surface area (Å²) in [5, 5.41) is 15.5. The summed E-state index contributed by atoms with van der Waals surface area (Å²) in [6, 6.07) is 1.05. The van der Waals surface area contributed by atoms with Crippen LogP contribution in [0.3, 0.4) is 0 Å². The summed E-state index contributed by atoms with van der Waals surface area (Å²) < 4.78 is 66.0. The standard InChI is InChI=1S/C35H45F4N7O6/c1-18(27(41-32(47)19(2)51-4)35(50)46-14-13-45(3)24(16-36)17-46)23-11-12-26(25(37)15-23)40-33(48)29(21-7-9-22(10-8-21)31(38)39)42-34(49)30-28(20-5-6-20)43-52-44-30/h11-12,15,18-21,24,27,29H,5-10,13-14,16-17H2,1-4H3,(H,40,48)(H,41,47)(H,42,49)/t18-,19-,24-,27+,29-/m0/s1. The average molecular weight is 736 g/mol. The lowest BCUT2D eigenvalue weighted by molar-refractivity contribution is -0.141. The number of amides is 4. The van der Waals surface area contributed by atoms with E-state index >= 15 is 4.39 Å². The van der Waals surface area contributed by atoms with Crippen molar-refractivity contribution >= 4 is 29.3 Å². The molecule has 2 aromatic rings. The molecule has 1 aromatic heterocycles. The van der Waals surface area contributed by atoms with Crippen LogP contribution in [-0.2, 0) is 19.1 Å². The molecule has 4 amide bonds. The number of nitrogens with zero attached hydrogens (tertiary/aromatic N) is 4. The molecule has 0 bridgehead atoms. The summed E-state index contributed by atoms with van der Waals surface area (Å²) in [6.07, 6.45) is -0.601. The maximum Gasteiger partial charge on any atom is 0.276 e. The van der Waals surface area contributed by atoms with E-state index in [1.807, 2.05) is 4.90 Å². The first kappa shape index (κ1) is 38.8.